The minimum Gasteiger partial charge on any atom is -0.389 e. The summed E-state index contributed by atoms with van der Waals surface area (Å²) >= 11 is 0. The number of urea groups is 1. The summed E-state index contributed by atoms with van der Waals surface area (Å²) in [7, 11) is 0. The van der Waals surface area contributed by atoms with Crippen molar-refractivity contribution in [2.45, 2.75) is 39.0 Å². The van der Waals surface area contributed by atoms with Gasteiger partial charge in [-0.3, -0.25) is 4.79 Å². The van der Waals surface area contributed by atoms with Crippen LogP contribution >= 0.6 is 0 Å². The Kier molecular flexibility index (Phi) is 5.11. The van der Waals surface area contributed by atoms with Crippen molar-refractivity contribution in [1.29, 1.82) is 0 Å². The van der Waals surface area contributed by atoms with Gasteiger partial charge in [-0.25, -0.2) is 4.79 Å². The van der Waals surface area contributed by atoms with Crippen LogP contribution < -0.4 is 16.2 Å². The Balaban J connectivity index is 2.40. The molecule has 6 nitrogen and oxygen atoms in total. The number of pyridine rings is 1. The molecule has 0 aromatic carbocycles. The number of aromatic nitrogens is 1. The Morgan fingerprint density at radius 2 is 2.11 bits per heavy atom. The van der Waals surface area contributed by atoms with Gasteiger partial charge in [-0.2, -0.15) is 0 Å². The van der Waals surface area contributed by atoms with E-state index in [2.05, 4.69) is 10.6 Å². The molecule has 1 heterocycles. The summed E-state index contributed by atoms with van der Waals surface area (Å²) in [5, 5.41) is 15.1. The van der Waals surface area contributed by atoms with Gasteiger partial charge in [0.15, 0.2) is 0 Å². The van der Waals surface area contributed by atoms with E-state index in [1.165, 1.54) is 10.6 Å². The first-order chi connectivity index (χ1) is 8.78. The van der Waals surface area contributed by atoms with Gasteiger partial charge in [0.1, 0.15) is 0 Å². The average molecular weight is 267 g/mol. The zero-order valence-electron chi connectivity index (χ0n) is 11.5. The van der Waals surface area contributed by atoms with Crippen molar-refractivity contribution in [3.8, 4) is 0 Å². The third-order valence-corrected chi connectivity index (χ3v) is 2.29. The van der Waals surface area contributed by atoms with E-state index < -0.39 is 6.10 Å². The van der Waals surface area contributed by atoms with Crippen molar-refractivity contribution in [2.75, 3.05) is 6.54 Å². The summed E-state index contributed by atoms with van der Waals surface area (Å²) < 4.78 is 1.40. The van der Waals surface area contributed by atoms with Crippen molar-refractivity contribution in [3.63, 3.8) is 0 Å². The maximum Gasteiger partial charge on any atom is 0.315 e. The Morgan fingerprint density at radius 3 is 2.68 bits per heavy atom. The molecule has 0 aliphatic carbocycles. The second-order valence-corrected chi connectivity index (χ2v) is 5.43. The Labute approximate surface area is 112 Å². The molecule has 6 heteroatoms. The number of hydrogen-bond donors (Lipinski definition) is 3. The van der Waals surface area contributed by atoms with Gasteiger partial charge in [0.05, 0.1) is 12.6 Å². The fourth-order valence-electron chi connectivity index (χ4n) is 1.50. The highest BCUT2D eigenvalue weighted by Gasteiger charge is 2.14. The van der Waals surface area contributed by atoms with Crippen molar-refractivity contribution in [2.24, 2.45) is 0 Å². The number of hydrogen-bond acceptors (Lipinski definition) is 3. The van der Waals surface area contributed by atoms with E-state index in [1.807, 2.05) is 20.8 Å². The lowest BCUT2D eigenvalue weighted by molar-refractivity contribution is 0.149. The molecule has 1 rings (SSSR count). The van der Waals surface area contributed by atoms with Crippen LogP contribution in [-0.4, -0.2) is 33.9 Å². The molecule has 2 amide bonds. The maximum absolute atomic E-state index is 11.5. The highest BCUT2D eigenvalue weighted by Crippen LogP contribution is 1.97. The molecule has 0 aliphatic rings. The van der Waals surface area contributed by atoms with Gasteiger partial charge in [-0.1, -0.05) is 6.07 Å². The van der Waals surface area contributed by atoms with Gasteiger partial charge in [0.25, 0.3) is 5.56 Å². The Bertz CT molecular complexity index is 477. The van der Waals surface area contributed by atoms with Crippen LogP contribution in [0.25, 0.3) is 0 Å². The molecule has 1 aromatic rings. The van der Waals surface area contributed by atoms with E-state index in [4.69, 9.17) is 0 Å². The number of carbonyl (C=O) groups excluding carboxylic acids is 1. The standard InChI is InChI=1S/C13H21N3O3/c1-13(2,3)15-12(19)14-8-10(17)9-16-7-5-4-6-11(16)18/h4-7,10,17H,8-9H2,1-3H3,(H2,14,15,19). The molecule has 0 aliphatic heterocycles. The van der Waals surface area contributed by atoms with Gasteiger partial charge in [0.2, 0.25) is 0 Å². The summed E-state index contributed by atoms with van der Waals surface area (Å²) in [5.41, 5.74) is -0.508. The second kappa shape index (κ2) is 6.38. The van der Waals surface area contributed by atoms with E-state index in [9.17, 15) is 14.7 Å². The SMILES string of the molecule is CC(C)(C)NC(=O)NCC(O)Cn1ccccc1=O. The van der Waals surface area contributed by atoms with Crippen LogP contribution in [-0.2, 0) is 6.54 Å². The van der Waals surface area contributed by atoms with Crippen LogP contribution in [0.15, 0.2) is 29.2 Å². The smallest absolute Gasteiger partial charge is 0.315 e. The van der Waals surface area contributed by atoms with Crippen LogP contribution in [0.5, 0.6) is 0 Å². The normalized spacial score (nSPS) is 12.8. The van der Waals surface area contributed by atoms with Crippen molar-refractivity contribution < 1.29 is 9.90 Å². The van der Waals surface area contributed by atoms with Gasteiger partial charge < -0.3 is 20.3 Å². The molecular formula is C13H21N3O3. The fourth-order valence-corrected chi connectivity index (χ4v) is 1.50. The molecule has 1 unspecified atom stereocenters. The molecule has 0 fully saturated rings. The number of aliphatic hydroxyl groups excluding tert-OH is 1. The lowest BCUT2D eigenvalue weighted by atomic mass is 10.1. The number of aliphatic hydroxyl groups is 1. The summed E-state index contributed by atoms with van der Waals surface area (Å²) in [6, 6.07) is 4.44. The molecule has 0 radical (unpaired) electrons. The highest BCUT2D eigenvalue weighted by atomic mass is 16.3. The molecule has 0 saturated heterocycles. The monoisotopic (exact) mass is 267 g/mol. The molecule has 106 valence electrons. The van der Waals surface area contributed by atoms with Crippen molar-refractivity contribution in [1.82, 2.24) is 15.2 Å². The van der Waals surface area contributed by atoms with Crippen LogP contribution in [0, 0.1) is 0 Å². The van der Waals surface area contributed by atoms with Crippen LogP contribution in [0.2, 0.25) is 0 Å². The van der Waals surface area contributed by atoms with Crippen molar-refractivity contribution in [3.05, 3.63) is 34.7 Å². The molecular weight excluding hydrogens is 246 g/mol. The maximum atomic E-state index is 11.5. The molecule has 1 aromatic heterocycles. The predicted molar refractivity (Wildman–Crippen MR) is 73.0 cm³/mol. The van der Waals surface area contributed by atoms with E-state index in [1.54, 1.807) is 18.3 Å². The molecule has 1 atom stereocenters. The summed E-state index contributed by atoms with van der Waals surface area (Å²) in [4.78, 5) is 22.9. The summed E-state index contributed by atoms with van der Waals surface area (Å²) in [6.45, 7) is 5.84. The molecule has 0 spiro atoms. The van der Waals surface area contributed by atoms with Gasteiger partial charge in [-0.15, -0.1) is 0 Å². The summed E-state index contributed by atoms with van der Waals surface area (Å²) in [6.07, 6.45) is 0.784. The average Bonchev–Trinajstić information content (AvgIpc) is 2.27. The number of carbonyl (C=O) groups is 1. The lowest BCUT2D eigenvalue weighted by Crippen LogP contribution is -2.48. The zero-order chi connectivity index (χ0) is 14.5. The first-order valence-corrected chi connectivity index (χ1v) is 6.17. The minimum absolute atomic E-state index is 0.0866. The third-order valence-electron chi connectivity index (χ3n) is 2.29. The second-order valence-electron chi connectivity index (χ2n) is 5.43. The van der Waals surface area contributed by atoms with Gasteiger partial charge in [-0.05, 0) is 26.8 Å². The highest BCUT2D eigenvalue weighted by molar-refractivity contribution is 5.74. The first-order valence-electron chi connectivity index (χ1n) is 6.17. The Hall–Kier alpha value is -1.82. The number of nitrogens with one attached hydrogen (secondary N) is 2. The fraction of sp³-hybridized carbons (Fsp3) is 0.538. The van der Waals surface area contributed by atoms with E-state index in [0.717, 1.165) is 0 Å². The predicted octanol–water partition coefficient (Wildman–Crippen LogP) is 0.307. The van der Waals surface area contributed by atoms with E-state index in [-0.39, 0.29) is 30.2 Å². The van der Waals surface area contributed by atoms with E-state index >= 15 is 0 Å². The molecule has 3 N–H and O–H groups in total. The van der Waals surface area contributed by atoms with Crippen LogP contribution in [0.3, 0.4) is 0 Å². The lowest BCUT2D eigenvalue weighted by Gasteiger charge is -2.21. The molecule has 19 heavy (non-hydrogen) atoms. The van der Waals surface area contributed by atoms with Gasteiger partial charge >= 0.3 is 6.03 Å². The number of nitrogens with zero attached hydrogens (tertiary/aromatic N) is 1. The third kappa shape index (κ3) is 6.05. The molecule has 0 saturated carbocycles. The molecule has 0 bridgehead atoms. The zero-order valence-corrected chi connectivity index (χ0v) is 11.5. The number of rotatable bonds is 4. The Morgan fingerprint density at radius 1 is 1.42 bits per heavy atom. The van der Waals surface area contributed by atoms with Gasteiger partial charge in [0, 0.05) is 24.3 Å². The topological polar surface area (TPSA) is 83.4 Å². The quantitative estimate of drug-likeness (QED) is 0.734. The van der Waals surface area contributed by atoms with Crippen LogP contribution in [0.4, 0.5) is 4.79 Å². The van der Waals surface area contributed by atoms with Crippen LogP contribution in [0.1, 0.15) is 20.8 Å². The number of amides is 2. The largest absolute Gasteiger partial charge is 0.389 e. The van der Waals surface area contributed by atoms with Crippen molar-refractivity contribution >= 4 is 6.03 Å². The minimum atomic E-state index is -0.814. The summed E-state index contributed by atoms with van der Waals surface area (Å²) in [5.74, 6) is 0. The first kappa shape index (κ1) is 15.2. The van der Waals surface area contributed by atoms with E-state index in [0.29, 0.717) is 0 Å².